The highest BCUT2D eigenvalue weighted by molar-refractivity contribution is 5.99. The molecular formula is C19H19NO5. The van der Waals surface area contributed by atoms with E-state index in [-0.39, 0.29) is 18.1 Å². The number of anilines is 1. The van der Waals surface area contributed by atoms with Gasteiger partial charge in [0.05, 0.1) is 18.4 Å². The number of benzene rings is 2. The van der Waals surface area contributed by atoms with Crippen LogP contribution in [0.25, 0.3) is 0 Å². The van der Waals surface area contributed by atoms with Gasteiger partial charge in [0.1, 0.15) is 24.0 Å². The average Bonchev–Trinajstić information content (AvgIpc) is 2.98. The number of carboxylic acids is 1. The summed E-state index contributed by atoms with van der Waals surface area (Å²) >= 11 is 0. The second kappa shape index (κ2) is 6.47. The van der Waals surface area contributed by atoms with Crippen LogP contribution in [0.2, 0.25) is 0 Å². The largest absolute Gasteiger partial charge is 0.495 e. The number of methoxy groups -OCH3 is 1. The van der Waals surface area contributed by atoms with Crippen LogP contribution in [0.15, 0.2) is 30.3 Å². The predicted molar refractivity (Wildman–Crippen MR) is 92.7 cm³/mol. The molecule has 1 atom stereocenters. The fourth-order valence-electron chi connectivity index (χ4n) is 2.84. The lowest BCUT2D eigenvalue weighted by molar-refractivity contribution is -0.117. The van der Waals surface area contributed by atoms with E-state index in [2.05, 4.69) is 5.32 Å². The molecule has 0 saturated heterocycles. The first kappa shape index (κ1) is 16.8. The highest BCUT2D eigenvalue weighted by Gasteiger charge is 2.31. The first-order chi connectivity index (χ1) is 11.9. The first-order valence-corrected chi connectivity index (χ1v) is 7.87. The highest BCUT2D eigenvalue weighted by Crippen LogP contribution is 2.37. The maximum absolute atomic E-state index is 12.7. The molecule has 6 heteroatoms. The Kier molecular flexibility index (Phi) is 4.35. The minimum atomic E-state index is -1.06. The molecule has 3 rings (SSSR count). The fraction of sp³-hybridized carbons (Fsp3) is 0.263. The van der Waals surface area contributed by atoms with Crippen molar-refractivity contribution in [3.63, 3.8) is 0 Å². The summed E-state index contributed by atoms with van der Waals surface area (Å²) in [5.74, 6) is -0.661. The Bertz CT molecular complexity index is 859. The van der Waals surface area contributed by atoms with Crippen molar-refractivity contribution in [1.29, 1.82) is 0 Å². The van der Waals surface area contributed by atoms with Gasteiger partial charge < -0.3 is 19.9 Å². The quantitative estimate of drug-likeness (QED) is 0.892. The van der Waals surface area contributed by atoms with Gasteiger partial charge in [-0.05, 0) is 49.2 Å². The topological polar surface area (TPSA) is 84.9 Å². The van der Waals surface area contributed by atoms with E-state index in [1.807, 2.05) is 26.0 Å². The SMILES string of the molecule is COc1cc(C(=O)O)ccc1NC(=O)C1COc2cc(C)c(C)cc21. The summed E-state index contributed by atoms with van der Waals surface area (Å²) < 4.78 is 10.8. The molecule has 2 N–H and O–H groups in total. The third kappa shape index (κ3) is 3.15. The molecule has 1 heterocycles. The van der Waals surface area contributed by atoms with Gasteiger partial charge in [0.15, 0.2) is 0 Å². The van der Waals surface area contributed by atoms with Gasteiger partial charge in [-0.15, -0.1) is 0 Å². The van der Waals surface area contributed by atoms with E-state index in [9.17, 15) is 9.59 Å². The molecule has 1 unspecified atom stereocenters. The number of ether oxygens (including phenoxy) is 2. The summed E-state index contributed by atoms with van der Waals surface area (Å²) in [7, 11) is 1.43. The van der Waals surface area contributed by atoms with E-state index in [0.717, 1.165) is 22.4 Å². The van der Waals surface area contributed by atoms with Gasteiger partial charge in [0.2, 0.25) is 5.91 Å². The molecule has 2 aromatic rings. The molecule has 0 fully saturated rings. The number of hydrogen-bond donors (Lipinski definition) is 2. The molecular weight excluding hydrogens is 322 g/mol. The number of carbonyl (C=O) groups excluding carboxylic acids is 1. The van der Waals surface area contributed by atoms with Gasteiger partial charge in [-0.1, -0.05) is 6.07 Å². The van der Waals surface area contributed by atoms with Crippen LogP contribution in [0.4, 0.5) is 5.69 Å². The lowest BCUT2D eigenvalue weighted by Crippen LogP contribution is -2.22. The van der Waals surface area contributed by atoms with Crippen molar-refractivity contribution < 1.29 is 24.2 Å². The Morgan fingerprint density at radius 2 is 1.92 bits per heavy atom. The number of nitrogens with one attached hydrogen (secondary N) is 1. The number of amides is 1. The smallest absolute Gasteiger partial charge is 0.335 e. The number of carbonyl (C=O) groups is 2. The maximum atomic E-state index is 12.7. The molecule has 0 radical (unpaired) electrons. The van der Waals surface area contributed by atoms with Crippen LogP contribution < -0.4 is 14.8 Å². The molecule has 0 spiro atoms. The maximum Gasteiger partial charge on any atom is 0.335 e. The minimum Gasteiger partial charge on any atom is -0.495 e. The molecule has 25 heavy (non-hydrogen) atoms. The molecule has 1 amide bonds. The molecule has 2 aromatic carbocycles. The Morgan fingerprint density at radius 1 is 1.20 bits per heavy atom. The van der Waals surface area contributed by atoms with Crippen LogP contribution >= 0.6 is 0 Å². The summed E-state index contributed by atoms with van der Waals surface area (Å²) in [6.45, 7) is 4.28. The van der Waals surface area contributed by atoms with Crippen LogP contribution in [-0.2, 0) is 4.79 Å². The summed E-state index contributed by atoms with van der Waals surface area (Å²) in [5, 5.41) is 11.9. The van der Waals surface area contributed by atoms with Crippen molar-refractivity contribution in [2.75, 3.05) is 19.0 Å². The third-order valence-corrected chi connectivity index (χ3v) is 4.43. The standard InChI is InChI=1S/C19H19NO5/c1-10-6-13-14(9-25-16(13)7-11(10)2)18(21)20-15-5-4-12(19(22)23)8-17(15)24-3/h4-8,14H,9H2,1-3H3,(H,20,21)(H,22,23). The van der Waals surface area contributed by atoms with Crippen LogP contribution in [0.3, 0.4) is 0 Å². The normalized spacial score (nSPS) is 15.2. The Balaban J connectivity index is 1.85. The van der Waals surface area contributed by atoms with E-state index in [4.69, 9.17) is 14.6 Å². The van der Waals surface area contributed by atoms with Crippen molar-refractivity contribution in [3.8, 4) is 11.5 Å². The van der Waals surface area contributed by atoms with E-state index in [1.165, 1.54) is 25.3 Å². The van der Waals surface area contributed by atoms with Crippen LogP contribution in [0.1, 0.15) is 33.0 Å². The molecule has 0 aromatic heterocycles. The van der Waals surface area contributed by atoms with Gasteiger partial charge >= 0.3 is 5.97 Å². The number of carboxylic acid groups (broad SMARTS) is 1. The van der Waals surface area contributed by atoms with E-state index >= 15 is 0 Å². The lowest BCUT2D eigenvalue weighted by Gasteiger charge is -2.14. The van der Waals surface area contributed by atoms with Crippen molar-refractivity contribution in [2.24, 2.45) is 0 Å². The minimum absolute atomic E-state index is 0.0931. The number of aromatic carboxylic acids is 1. The van der Waals surface area contributed by atoms with Crippen molar-refractivity contribution >= 4 is 17.6 Å². The second-order valence-corrected chi connectivity index (χ2v) is 6.05. The highest BCUT2D eigenvalue weighted by atomic mass is 16.5. The summed E-state index contributed by atoms with van der Waals surface area (Å²) in [5.41, 5.74) is 3.60. The Morgan fingerprint density at radius 3 is 2.60 bits per heavy atom. The van der Waals surface area contributed by atoms with E-state index < -0.39 is 11.9 Å². The molecule has 130 valence electrons. The molecule has 0 saturated carbocycles. The number of hydrogen-bond acceptors (Lipinski definition) is 4. The third-order valence-electron chi connectivity index (χ3n) is 4.43. The van der Waals surface area contributed by atoms with Crippen LogP contribution in [0.5, 0.6) is 11.5 Å². The molecule has 0 bridgehead atoms. The summed E-state index contributed by atoms with van der Waals surface area (Å²) in [6, 6.07) is 8.25. The van der Waals surface area contributed by atoms with Crippen LogP contribution in [-0.4, -0.2) is 30.7 Å². The number of fused-ring (bicyclic) bond motifs is 1. The Labute approximate surface area is 145 Å². The average molecular weight is 341 g/mol. The number of rotatable bonds is 4. The second-order valence-electron chi connectivity index (χ2n) is 6.05. The monoisotopic (exact) mass is 341 g/mol. The van der Waals surface area contributed by atoms with Crippen LogP contribution in [0, 0.1) is 13.8 Å². The predicted octanol–water partition coefficient (Wildman–Crippen LogP) is 3.12. The fourth-order valence-corrected chi connectivity index (χ4v) is 2.84. The van der Waals surface area contributed by atoms with Gasteiger partial charge in [0, 0.05) is 5.56 Å². The van der Waals surface area contributed by atoms with Gasteiger partial charge in [-0.3, -0.25) is 4.79 Å². The first-order valence-electron chi connectivity index (χ1n) is 7.87. The van der Waals surface area contributed by atoms with Crippen molar-refractivity contribution in [1.82, 2.24) is 0 Å². The number of aryl methyl sites for hydroxylation is 2. The summed E-state index contributed by atoms with van der Waals surface area (Å²) in [4.78, 5) is 23.7. The van der Waals surface area contributed by atoms with Gasteiger partial charge in [-0.25, -0.2) is 4.79 Å². The van der Waals surface area contributed by atoms with Gasteiger partial charge in [-0.2, -0.15) is 0 Å². The Hall–Kier alpha value is -3.02. The van der Waals surface area contributed by atoms with E-state index in [1.54, 1.807) is 0 Å². The van der Waals surface area contributed by atoms with Gasteiger partial charge in [0.25, 0.3) is 0 Å². The zero-order valence-electron chi connectivity index (χ0n) is 14.3. The zero-order chi connectivity index (χ0) is 18.1. The molecule has 0 aliphatic carbocycles. The molecule has 1 aliphatic heterocycles. The lowest BCUT2D eigenvalue weighted by atomic mass is 9.96. The zero-order valence-corrected chi connectivity index (χ0v) is 14.3. The molecule has 6 nitrogen and oxygen atoms in total. The van der Waals surface area contributed by atoms with Crippen molar-refractivity contribution in [3.05, 3.63) is 52.6 Å². The van der Waals surface area contributed by atoms with E-state index in [0.29, 0.717) is 11.4 Å². The van der Waals surface area contributed by atoms with Crippen molar-refractivity contribution in [2.45, 2.75) is 19.8 Å². The molecule has 1 aliphatic rings. The summed E-state index contributed by atoms with van der Waals surface area (Å²) in [6.07, 6.45) is 0.